The van der Waals surface area contributed by atoms with Gasteiger partial charge in [0.25, 0.3) is 0 Å². The van der Waals surface area contributed by atoms with E-state index in [-0.39, 0.29) is 12.1 Å². The molecule has 13 heavy (non-hydrogen) atoms. The van der Waals surface area contributed by atoms with E-state index in [2.05, 4.69) is 10.2 Å². The minimum atomic E-state index is -2.30. The van der Waals surface area contributed by atoms with E-state index in [1.54, 1.807) is 6.66 Å². The second kappa shape index (κ2) is 7.54. The first-order valence-corrected chi connectivity index (χ1v) is 7.12. The van der Waals surface area contributed by atoms with E-state index >= 15 is 0 Å². The molecule has 0 aromatic rings. The van der Waals surface area contributed by atoms with E-state index in [4.69, 9.17) is 0 Å². The van der Waals surface area contributed by atoms with Crippen LogP contribution < -0.4 is 10.2 Å². The predicted octanol–water partition coefficient (Wildman–Crippen LogP) is 2.83. The van der Waals surface area contributed by atoms with E-state index in [0.29, 0.717) is 0 Å². The molecule has 0 aliphatic rings. The topological polar surface area (TPSA) is 41.1 Å². The summed E-state index contributed by atoms with van der Waals surface area (Å²) in [6.07, 6.45) is 0. The molecule has 82 valence electrons. The Bertz CT molecular complexity index is 144. The van der Waals surface area contributed by atoms with Crippen molar-refractivity contribution in [3.8, 4) is 0 Å². The normalized spacial score (nSPS) is 11.5. The molecular weight excluding hydrogens is 183 g/mol. The highest BCUT2D eigenvalue weighted by Crippen LogP contribution is 2.31. The third kappa shape index (κ3) is 12.1. The van der Waals surface area contributed by atoms with E-state index in [1.807, 2.05) is 41.5 Å². The molecule has 0 bridgehead atoms. The number of hydrogen-bond donors (Lipinski definition) is 2. The fourth-order valence-electron chi connectivity index (χ4n) is 1.02. The second-order valence-electron chi connectivity index (χ2n) is 3.49. The van der Waals surface area contributed by atoms with Crippen LogP contribution in [0.5, 0.6) is 0 Å². The smallest absolute Gasteiger partial charge is 0.208 e. The molecule has 0 spiro atoms. The molecule has 0 aromatic heterocycles. The number of rotatable bonds is 4. The summed E-state index contributed by atoms with van der Waals surface area (Å²) in [4.78, 5) is 0. The lowest BCUT2D eigenvalue weighted by molar-refractivity contribution is 0.540. The molecule has 0 aromatic carbocycles. The zero-order valence-electron chi connectivity index (χ0n) is 10.0. The Kier molecular flexibility index (Phi) is 9.06. The highest BCUT2D eigenvalue weighted by atomic mass is 31.2. The Morgan fingerprint density at radius 2 is 1.15 bits per heavy atom. The van der Waals surface area contributed by atoms with Gasteiger partial charge in [-0.3, -0.25) is 14.7 Å². The zero-order chi connectivity index (χ0) is 11.1. The maximum atomic E-state index is 11.6. The first-order chi connectivity index (χ1) is 5.83. The largest absolute Gasteiger partial charge is 0.290 e. The Morgan fingerprint density at radius 3 is 1.31 bits per heavy atom. The van der Waals surface area contributed by atoms with Gasteiger partial charge in [-0.15, -0.1) is 0 Å². The van der Waals surface area contributed by atoms with Crippen molar-refractivity contribution >= 4 is 7.44 Å². The van der Waals surface area contributed by atoms with Crippen LogP contribution in [-0.2, 0) is 4.57 Å². The van der Waals surface area contributed by atoms with Gasteiger partial charge in [0.15, 0.2) is 0 Å². The minimum Gasteiger partial charge on any atom is -0.290 e. The monoisotopic (exact) mass is 208 g/mol. The molecule has 0 rings (SSSR count). The highest BCUT2D eigenvalue weighted by Gasteiger charge is 2.15. The van der Waals surface area contributed by atoms with Gasteiger partial charge in [0, 0.05) is 18.7 Å². The van der Waals surface area contributed by atoms with Crippen molar-refractivity contribution in [2.45, 2.75) is 53.6 Å². The summed E-state index contributed by atoms with van der Waals surface area (Å²) in [5.74, 6) is 0. The molecule has 0 heterocycles. The lowest BCUT2D eigenvalue weighted by Crippen LogP contribution is -2.30. The molecule has 0 saturated carbocycles. The summed E-state index contributed by atoms with van der Waals surface area (Å²) in [5.41, 5.74) is 0. The van der Waals surface area contributed by atoms with Crippen molar-refractivity contribution in [1.29, 1.82) is 0 Å². The van der Waals surface area contributed by atoms with Crippen molar-refractivity contribution < 1.29 is 4.57 Å². The van der Waals surface area contributed by atoms with Crippen LogP contribution in [0.3, 0.4) is 0 Å². The summed E-state index contributed by atoms with van der Waals surface area (Å²) in [6, 6.07) is 0.522. The van der Waals surface area contributed by atoms with Crippen LogP contribution in [0.1, 0.15) is 41.5 Å². The van der Waals surface area contributed by atoms with Crippen LogP contribution in [0, 0.1) is 0 Å². The molecule has 0 aliphatic carbocycles. The van der Waals surface area contributed by atoms with Crippen LogP contribution >= 0.6 is 7.44 Å². The molecule has 4 heteroatoms. The lowest BCUT2D eigenvalue weighted by atomic mass is 10.4. The maximum Gasteiger partial charge on any atom is 0.208 e. The van der Waals surface area contributed by atoms with Gasteiger partial charge in [-0.1, -0.05) is 13.8 Å². The van der Waals surface area contributed by atoms with E-state index in [0.717, 1.165) is 0 Å². The predicted molar refractivity (Wildman–Crippen MR) is 61.4 cm³/mol. The molecule has 0 aliphatic heterocycles. The Labute approximate surface area is 83.2 Å². The van der Waals surface area contributed by atoms with Gasteiger partial charge < -0.3 is 0 Å². The number of nitrogens with one attached hydrogen (secondary N) is 2. The van der Waals surface area contributed by atoms with Crippen LogP contribution in [0.25, 0.3) is 0 Å². The van der Waals surface area contributed by atoms with Gasteiger partial charge >= 0.3 is 0 Å². The Hall–Kier alpha value is 0.150. The fourth-order valence-corrected chi connectivity index (χ4v) is 3.07. The summed E-state index contributed by atoms with van der Waals surface area (Å²) < 4.78 is 11.6. The Morgan fingerprint density at radius 1 is 0.923 bits per heavy atom. The molecule has 3 nitrogen and oxygen atoms in total. The second-order valence-corrected chi connectivity index (χ2v) is 5.86. The summed E-state index contributed by atoms with van der Waals surface area (Å²) in [6.45, 7) is 13.7. The first kappa shape index (κ1) is 15.6. The minimum absolute atomic E-state index is 0.261. The molecule has 0 fully saturated rings. The van der Waals surface area contributed by atoms with Gasteiger partial charge in [0.2, 0.25) is 7.44 Å². The van der Waals surface area contributed by atoms with Crippen molar-refractivity contribution in [2.24, 2.45) is 0 Å². The van der Waals surface area contributed by atoms with Crippen molar-refractivity contribution in [3.05, 3.63) is 0 Å². The highest BCUT2D eigenvalue weighted by molar-refractivity contribution is 7.59. The summed E-state index contributed by atoms with van der Waals surface area (Å²) >= 11 is 0. The maximum absolute atomic E-state index is 11.6. The van der Waals surface area contributed by atoms with E-state index < -0.39 is 7.44 Å². The Balaban J connectivity index is 0. The van der Waals surface area contributed by atoms with Crippen LogP contribution in [0.4, 0.5) is 0 Å². The first-order valence-electron chi connectivity index (χ1n) is 4.96. The van der Waals surface area contributed by atoms with Gasteiger partial charge in [0.1, 0.15) is 0 Å². The average Bonchev–Trinajstić information content (AvgIpc) is 1.85. The zero-order valence-corrected chi connectivity index (χ0v) is 10.9. The summed E-state index contributed by atoms with van der Waals surface area (Å²) in [7, 11) is -2.30. The van der Waals surface area contributed by atoms with E-state index in [1.165, 1.54) is 0 Å². The van der Waals surface area contributed by atoms with Crippen LogP contribution in [0.15, 0.2) is 0 Å². The SMILES string of the molecule is CC.CC(C)NP(C)(=O)NC(C)C. The average molecular weight is 208 g/mol. The molecule has 0 atom stereocenters. The molecule has 0 amide bonds. The van der Waals surface area contributed by atoms with Gasteiger partial charge in [-0.05, 0) is 27.7 Å². The van der Waals surface area contributed by atoms with Gasteiger partial charge in [-0.25, -0.2) is 0 Å². The van der Waals surface area contributed by atoms with Crippen LogP contribution in [-0.4, -0.2) is 18.7 Å². The summed E-state index contributed by atoms with van der Waals surface area (Å²) in [5, 5.41) is 5.99. The molecule has 0 unspecified atom stereocenters. The van der Waals surface area contributed by atoms with Crippen molar-refractivity contribution in [3.63, 3.8) is 0 Å². The molecule has 2 N–H and O–H groups in total. The van der Waals surface area contributed by atoms with Crippen molar-refractivity contribution in [2.75, 3.05) is 6.66 Å². The van der Waals surface area contributed by atoms with Crippen LogP contribution in [0.2, 0.25) is 0 Å². The van der Waals surface area contributed by atoms with Crippen molar-refractivity contribution in [1.82, 2.24) is 10.2 Å². The molecule has 0 saturated heterocycles. The third-order valence-corrected chi connectivity index (χ3v) is 3.03. The third-order valence-electron chi connectivity index (χ3n) is 1.01. The van der Waals surface area contributed by atoms with E-state index in [9.17, 15) is 4.57 Å². The van der Waals surface area contributed by atoms with Gasteiger partial charge in [-0.2, -0.15) is 0 Å². The number of hydrogen-bond acceptors (Lipinski definition) is 1. The fraction of sp³-hybridized carbons (Fsp3) is 1.00. The molecular formula is C9H25N2OP. The lowest BCUT2D eigenvalue weighted by Gasteiger charge is -2.20. The standard InChI is InChI=1S/C7H19N2OP.C2H6/c1-6(2)8-11(5,10)9-7(3)4;1-2/h6-7H,1-5H3,(H2,8,9,10);1-2H3. The van der Waals surface area contributed by atoms with Gasteiger partial charge in [0.05, 0.1) is 0 Å². The molecule has 0 radical (unpaired) electrons. The quantitative estimate of drug-likeness (QED) is 0.698.